The minimum absolute atomic E-state index is 0.568. The summed E-state index contributed by atoms with van der Waals surface area (Å²) in [6, 6.07) is 2.20. The molecule has 4 nitrogen and oxygen atoms in total. The molecule has 2 N–H and O–H groups in total. The monoisotopic (exact) mass is 249 g/mol. The van der Waals surface area contributed by atoms with Crippen molar-refractivity contribution in [1.29, 1.82) is 5.26 Å². The first kappa shape index (κ1) is 14.5. The third-order valence-corrected chi connectivity index (χ3v) is 3.73. The van der Waals surface area contributed by atoms with Gasteiger partial charge in [0.1, 0.15) is 0 Å². The van der Waals surface area contributed by atoms with Crippen LogP contribution in [-0.4, -0.2) is 21.8 Å². The van der Waals surface area contributed by atoms with Crippen molar-refractivity contribution in [2.45, 2.75) is 45.1 Å². The molecule has 18 heavy (non-hydrogen) atoms. The summed E-state index contributed by atoms with van der Waals surface area (Å²) in [6.07, 6.45) is 7.16. The molecule has 1 aliphatic carbocycles. The summed E-state index contributed by atoms with van der Waals surface area (Å²) in [5.74, 6) is -1.00. The summed E-state index contributed by atoms with van der Waals surface area (Å²) in [5, 5.41) is 28.2. The Morgan fingerprint density at radius 2 is 2.17 bits per heavy atom. The Morgan fingerprint density at radius 3 is 2.50 bits per heavy atom. The minimum Gasteiger partial charge on any atom is -0.478 e. The third kappa shape index (κ3) is 2.80. The fourth-order valence-electron chi connectivity index (χ4n) is 2.12. The molecule has 1 aliphatic rings. The average Bonchev–Trinajstić information content (AvgIpc) is 2.22. The van der Waals surface area contributed by atoms with Crippen LogP contribution in [0.25, 0.3) is 0 Å². The van der Waals surface area contributed by atoms with Gasteiger partial charge < -0.3 is 10.2 Å². The topological polar surface area (TPSA) is 81.3 Å². The van der Waals surface area contributed by atoms with E-state index < -0.39 is 17.0 Å². The van der Waals surface area contributed by atoms with Crippen molar-refractivity contribution >= 4 is 5.97 Å². The Labute approximate surface area is 107 Å². The number of nitrogens with zero attached hydrogens (tertiary/aromatic N) is 1. The number of carboxylic acids is 1. The summed E-state index contributed by atoms with van der Waals surface area (Å²) < 4.78 is 0. The minimum atomic E-state index is -1.22. The Morgan fingerprint density at radius 1 is 1.56 bits per heavy atom. The maximum absolute atomic E-state index is 10.6. The quantitative estimate of drug-likeness (QED) is 0.579. The van der Waals surface area contributed by atoms with E-state index in [0.717, 1.165) is 12.5 Å². The van der Waals surface area contributed by atoms with Gasteiger partial charge in [0.25, 0.3) is 0 Å². The van der Waals surface area contributed by atoms with Crippen molar-refractivity contribution in [3.8, 4) is 6.07 Å². The first-order chi connectivity index (χ1) is 8.37. The smallest absolute Gasteiger partial charge is 0.328 e. The number of carbonyl (C=O) groups is 1. The second-order valence-electron chi connectivity index (χ2n) is 4.94. The van der Waals surface area contributed by atoms with Crippen LogP contribution in [0.2, 0.25) is 0 Å². The molecule has 0 amide bonds. The van der Waals surface area contributed by atoms with E-state index in [1.165, 1.54) is 0 Å². The molecular formula is C14H19NO3. The van der Waals surface area contributed by atoms with Crippen LogP contribution in [0.5, 0.6) is 0 Å². The highest BCUT2D eigenvalue weighted by atomic mass is 16.4. The zero-order valence-corrected chi connectivity index (χ0v) is 10.8. The molecule has 0 heterocycles. The van der Waals surface area contributed by atoms with Crippen LogP contribution >= 0.6 is 0 Å². The Hall–Kier alpha value is -1.60. The van der Waals surface area contributed by atoms with E-state index in [4.69, 9.17) is 5.11 Å². The normalized spacial score (nSPS) is 22.0. The van der Waals surface area contributed by atoms with Gasteiger partial charge in [0.05, 0.1) is 17.1 Å². The number of rotatable bonds is 5. The predicted molar refractivity (Wildman–Crippen MR) is 67.7 cm³/mol. The summed E-state index contributed by atoms with van der Waals surface area (Å²) in [6.45, 7) is 3.46. The number of hydrogen-bond acceptors (Lipinski definition) is 3. The van der Waals surface area contributed by atoms with Crippen molar-refractivity contribution in [2.24, 2.45) is 5.41 Å². The first-order valence-corrected chi connectivity index (χ1v) is 6.13. The highest BCUT2D eigenvalue weighted by molar-refractivity contribution is 5.81. The maximum Gasteiger partial charge on any atom is 0.328 e. The molecule has 0 aromatic heterocycles. The van der Waals surface area contributed by atoms with E-state index >= 15 is 0 Å². The SMILES string of the molecule is CCC(=C/C(=O)O)/C=C/[C@](C)(O)C1(C#N)CCC1. The molecule has 1 atom stereocenters. The molecule has 0 saturated heterocycles. The second-order valence-corrected chi connectivity index (χ2v) is 4.94. The summed E-state index contributed by atoms with van der Waals surface area (Å²) in [7, 11) is 0. The van der Waals surface area contributed by atoms with Gasteiger partial charge in [0.15, 0.2) is 0 Å². The average molecular weight is 249 g/mol. The number of aliphatic hydroxyl groups is 1. The van der Waals surface area contributed by atoms with Crippen LogP contribution in [0.1, 0.15) is 39.5 Å². The first-order valence-electron chi connectivity index (χ1n) is 6.13. The van der Waals surface area contributed by atoms with Crippen LogP contribution in [0.4, 0.5) is 0 Å². The van der Waals surface area contributed by atoms with Crippen LogP contribution < -0.4 is 0 Å². The van der Waals surface area contributed by atoms with Gasteiger partial charge in [-0.1, -0.05) is 25.5 Å². The van der Waals surface area contributed by atoms with Crippen molar-refractivity contribution in [1.82, 2.24) is 0 Å². The summed E-state index contributed by atoms with van der Waals surface area (Å²) in [4.78, 5) is 10.6. The summed E-state index contributed by atoms with van der Waals surface area (Å²) in [5.41, 5.74) is -1.31. The fourth-order valence-corrected chi connectivity index (χ4v) is 2.12. The number of allylic oxidation sites excluding steroid dienone is 2. The molecule has 1 fully saturated rings. The molecule has 0 aromatic rings. The Bertz CT molecular complexity index is 423. The number of aliphatic carboxylic acids is 1. The van der Waals surface area contributed by atoms with Gasteiger partial charge in [0.2, 0.25) is 0 Å². The lowest BCUT2D eigenvalue weighted by atomic mass is 9.60. The molecule has 0 unspecified atom stereocenters. The van der Waals surface area contributed by atoms with Gasteiger partial charge in [-0.15, -0.1) is 0 Å². The lowest BCUT2D eigenvalue weighted by Gasteiger charge is -2.45. The van der Waals surface area contributed by atoms with Gasteiger partial charge in [0, 0.05) is 6.08 Å². The Kier molecular flexibility index (Phi) is 4.31. The van der Waals surface area contributed by atoms with Crippen LogP contribution in [0, 0.1) is 16.7 Å². The van der Waals surface area contributed by atoms with E-state index in [0.29, 0.717) is 24.8 Å². The van der Waals surface area contributed by atoms with E-state index in [1.807, 2.05) is 6.92 Å². The second kappa shape index (κ2) is 5.36. The van der Waals surface area contributed by atoms with E-state index in [2.05, 4.69) is 6.07 Å². The van der Waals surface area contributed by atoms with Crippen molar-refractivity contribution in [3.63, 3.8) is 0 Å². The molecule has 4 heteroatoms. The molecule has 0 radical (unpaired) electrons. The highest BCUT2D eigenvalue weighted by Gasteiger charge is 2.50. The van der Waals surface area contributed by atoms with Crippen LogP contribution in [0.3, 0.4) is 0 Å². The van der Waals surface area contributed by atoms with Gasteiger partial charge in [-0.05, 0) is 31.8 Å². The number of hydrogen-bond donors (Lipinski definition) is 2. The molecule has 0 bridgehead atoms. The molecular weight excluding hydrogens is 230 g/mol. The third-order valence-electron chi connectivity index (χ3n) is 3.73. The lowest BCUT2D eigenvalue weighted by Crippen LogP contribution is -2.48. The highest BCUT2D eigenvalue weighted by Crippen LogP contribution is 2.49. The van der Waals surface area contributed by atoms with Gasteiger partial charge >= 0.3 is 5.97 Å². The van der Waals surface area contributed by atoms with Crippen molar-refractivity contribution in [2.75, 3.05) is 0 Å². The number of carboxylic acid groups (broad SMARTS) is 1. The van der Waals surface area contributed by atoms with E-state index in [1.54, 1.807) is 19.1 Å². The molecule has 1 rings (SSSR count). The van der Waals surface area contributed by atoms with Gasteiger partial charge in [-0.25, -0.2) is 4.79 Å². The predicted octanol–water partition coefficient (Wildman–Crippen LogP) is 2.41. The van der Waals surface area contributed by atoms with E-state index in [-0.39, 0.29) is 0 Å². The van der Waals surface area contributed by atoms with Crippen LogP contribution in [0.15, 0.2) is 23.8 Å². The van der Waals surface area contributed by atoms with Crippen molar-refractivity contribution in [3.05, 3.63) is 23.8 Å². The lowest BCUT2D eigenvalue weighted by molar-refractivity contribution is -0.131. The molecule has 0 aromatic carbocycles. The number of nitriles is 1. The van der Waals surface area contributed by atoms with Gasteiger partial charge in [-0.3, -0.25) is 0 Å². The van der Waals surface area contributed by atoms with E-state index in [9.17, 15) is 15.2 Å². The standard InChI is InChI=1S/C14H19NO3/c1-3-11(9-12(16)17)5-8-13(2,18)14(10-15)6-4-7-14/h5,8-9,18H,3-4,6-7H2,1-2H3,(H,16,17)/b8-5+,11-9-/t13-/m0/s1. The molecule has 0 spiro atoms. The Balaban J connectivity index is 2.88. The van der Waals surface area contributed by atoms with Crippen molar-refractivity contribution < 1.29 is 15.0 Å². The molecule has 98 valence electrons. The molecule has 1 saturated carbocycles. The molecule has 0 aliphatic heterocycles. The maximum atomic E-state index is 10.6. The largest absolute Gasteiger partial charge is 0.478 e. The zero-order chi connectivity index (χ0) is 13.8. The van der Waals surface area contributed by atoms with Crippen LogP contribution in [-0.2, 0) is 4.79 Å². The summed E-state index contributed by atoms with van der Waals surface area (Å²) >= 11 is 0. The van der Waals surface area contributed by atoms with Gasteiger partial charge in [-0.2, -0.15) is 5.26 Å². The fraction of sp³-hybridized carbons (Fsp3) is 0.571. The zero-order valence-electron chi connectivity index (χ0n) is 10.8.